The van der Waals surface area contributed by atoms with Gasteiger partial charge in [0.05, 0.1) is 9.79 Å². The van der Waals surface area contributed by atoms with E-state index in [9.17, 15) is 8.42 Å². The molecule has 0 bridgehead atoms. The van der Waals surface area contributed by atoms with E-state index in [0.717, 1.165) is 44.5 Å². The summed E-state index contributed by atoms with van der Waals surface area (Å²) < 4.78 is 28.7. The molecular formula is C28H26O2S. The monoisotopic (exact) mass is 426 g/mol. The molecule has 0 atom stereocenters. The van der Waals surface area contributed by atoms with Crippen LogP contribution in [0.4, 0.5) is 0 Å². The van der Waals surface area contributed by atoms with Crippen LogP contribution < -0.4 is 0 Å². The molecule has 0 aliphatic rings. The maximum atomic E-state index is 14.4. The highest BCUT2D eigenvalue weighted by atomic mass is 32.2. The zero-order valence-electron chi connectivity index (χ0n) is 18.3. The molecule has 0 heterocycles. The lowest BCUT2D eigenvalue weighted by atomic mass is 10.00. The predicted molar refractivity (Wildman–Crippen MR) is 128 cm³/mol. The Balaban J connectivity index is 2.09. The van der Waals surface area contributed by atoms with Gasteiger partial charge in [0.2, 0.25) is 9.84 Å². The summed E-state index contributed by atoms with van der Waals surface area (Å²) in [7, 11) is -3.80. The minimum Gasteiger partial charge on any atom is -0.218 e. The molecule has 156 valence electrons. The van der Waals surface area contributed by atoms with Crippen molar-refractivity contribution in [1.29, 1.82) is 0 Å². The van der Waals surface area contributed by atoms with Gasteiger partial charge in [-0.3, -0.25) is 0 Å². The number of sulfone groups is 1. The summed E-state index contributed by atoms with van der Waals surface area (Å²) >= 11 is 0. The normalized spacial score (nSPS) is 11.5. The second kappa shape index (κ2) is 8.16. The zero-order valence-corrected chi connectivity index (χ0v) is 19.1. The summed E-state index contributed by atoms with van der Waals surface area (Å²) in [5.41, 5.74) is 6.79. The second-order valence-corrected chi connectivity index (χ2v) is 9.83. The smallest absolute Gasteiger partial charge is 0.208 e. The molecule has 0 saturated heterocycles. The van der Waals surface area contributed by atoms with Crippen molar-refractivity contribution in [1.82, 2.24) is 0 Å². The van der Waals surface area contributed by atoms with Crippen molar-refractivity contribution in [3.05, 3.63) is 107 Å². The van der Waals surface area contributed by atoms with E-state index >= 15 is 0 Å². The van der Waals surface area contributed by atoms with Gasteiger partial charge in [-0.1, -0.05) is 84.9 Å². The van der Waals surface area contributed by atoms with Crippen molar-refractivity contribution in [3.63, 3.8) is 0 Å². The Labute approximate surface area is 185 Å². The minimum atomic E-state index is -3.80. The van der Waals surface area contributed by atoms with Crippen LogP contribution in [0.3, 0.4) is 0 Å². The summed E-state index contributed by atoms with van der Waals surface area (Å²) in [6.07, 6.45) is 0. The lowest BCUT2D eigenvalue weighted by molar-refractivity contribution is 0.595. The van der Waals surface area contributed by atoms with Crippen molar-refractivity contribution in [2.75, 3.05) is 0 Å². The summed E-state index contributed by atoms with van der Waals surface area (Å²) in [5.74, 6) is 0. The van der Waals surface area contributed by atoms with E-state index in [1.807, 2.05) is 113 Å². The van der Waals surface area contributed by atoms with Crippen LogP contribution in [0.2, 0.25) is 0 Å². The van der Waals surface area contributed by atoms with Gasteiger partial charge in [-0.2, -0.15) is 0 Å². The number of rotatable bonds is 4. The summed E-state index contributed by atoms with van der Waals surface area (Å²) in [5, 5.41) is 0. The summed E-state index contributed by atoms with van der Waals surface area (Å²) in [6, 6.07) is 27.3. The Morgan fingerprint density at radius 3 is 1.19 bits per heavy atom. The largest absolute Gasteiger partial charge is 0.218 e. The highest BCUT2D eigenvalue weighted by Crippen LogP contribution is 2.40. The van der Waals surface area contributed by atoms with E-state index in [1.165, 1.54) is 0 Å². The average molecular weight is 427 g/mol. The fourth-order valence-corrected chi connectivity index (χ4v) is 6.35. The molecular weight excluding hydrogens is 400 g/mol. The van der Waals surface area contributed by atoms with E-state index in [-0.39, 0.29) is 0 Å². The van der Waals surface area contributed by atoms with E-state index in [4.69, 9.17) is 0 Å². The molecule has 4 aromatic rings. The van der Waals surface area contributed by atoms with Crippen molar-refractivity contribution in [2.45, 2.75) is 37.5 Å². The number of hydrogen-bond donors (Lipinski definition) is 0. The Hall–Kier alpha value is -3.17. The molecule has 0 radical (unpaired) electrons. The zero-order chi connectivity index (χ0) is 22.2. The lowest BCUT2D eigenvalue weighted by Crippen LogP contribution is -2.11. The fraction of sp³-hybridized carbons (Fsp3) is 0.143. The topological polar surface area (TPSA) is 34.1 Å². The molecule has 31 heavy (non-hydrogen) atoms. The van der Waals surface area contributed by atoms with Crippen LogP contribution in [0.15, 0.2) is 94.7 Å². The second-order valence-electron chi connectivity index (χ2n) is 8.00. The third kappa shape index (κ3) is 3.70. The quantitative estimate of drug-likeness (QED) is 0.349. The van der Waals surface area contributed by atoms with Crippen LogP contribution in [0.25, 0.3) is 22.3 Å². The van der Waals surface area contributed by atoms with E-state index < -0.39 is 9.84 Å². The molecule has 0 saturated carbocycles. The molecule has 0 aliphatic heterocycles. The van der Waals surface area contributed by atoms with Gasteiger partial charge >= 0.3 is 0 Å². The third-order valence-electron chi connectivity index (χ3n) is 6.06. The summed E-state index contributed by atoms with van der Waals surface area (Å²) in [6.45, 7) is 7.73. The first-order valence-corrected chi connectivity index (χ1v) is 11.9. The molecule has 0 amide bonds. The van der Waals surface area contributed by atoms with Crippen LogP contribution in [0.5, 0.6) is 0 Å². The molecule has 4 rings (SSSR count). The van der Waals surface area contributed by atoms with Crippen LogP contribution in [0, 0.1) is 27.7 Å². The Morgan fingerprint density at radius 2 is 0.839 bits per heavy atom. The Morgan fingerprint density at radius 1 is 0.484 bits per heavy atom. The fourth-order valence-electron chi connectivity index (χ4n) is 4.06. The van der Waals surface area contributed by atoms with Crippen molar-refractivity contribution < 1.29 is 8.42 Å². The Kier molecular flexibility index (Phi) is 5.55. The first-order chi connectivity index (χ1) is 14.8. The number of benzene rings is 4. The maximum absolute atomic E-state index is 14.4. The van der Waals surface area contributed by atoms with Gasteiger partial charge in [-0.05, 0) is 61.1 Å². The maximum Gasteiger partial charge on any atom is 0.208 e. The average Bonchev–Trinajstić information content (AvgIpc) is 2.78. The molecule has 0 aliphatic carbocycles. The van der Waals surface area contributed by atoms with Crippen molar-refractivity contribution in [3.8, 4) is 22.3 Å². The highest BCUT2D eigenvalue weighted by Gasteiger charge is 2.30. The van der Waals surface area contributed by atoms with Crippen LogP contribution in [0.1, 0.15) is 22.3 Å². The molecule has 0 aromatic heterocycles. The van der Waals surface area contributed by atoms with E-state index in [0.29, 0.717) is 9.79 Å². The van der Waals surface area contributed by atoms with Gasteiger partial charge in [-0.25, -0.2) is 8.42 Å². The molecule has 0 spiro atoms. The molecule has 0 fully saturated rings. The van der Waals surface area contributed by atoms with E-state index in [1.54, 1.807) is 0 Å². The van der Waals surface area contributed by atoms with Gasteiger partial charge in [0.25, 0.3) is 0 Å². The van der Waals surface area contributed by atoms with Crippen molar-refractivity contribution in [2.24, 2.45) is 0 Å². The van der Waals surface area contributed by atoms with Gasteiger partial charge in [0, 0.05) is 11.1 Å². The van der Waals surface area contributed by atoms with Crippen LogP contribution in [-0.4, -0.2) is 8.42 Å². The predicted octanol–water partition coefficient (Wildman–Crippen LogP) is 7.09. The van der Waals surface area contributed by atoms with Crippen molar-refractivity contribution >= 4 is 9.84 Å². The molecule has 4 aromatic carbocycles. The Bertz CT molecular complexity index is 1250. The van der Waals surface area contributed by atoms with Crippen LogP contribution >= 0.6 is 0 Å². The highest BCUT2D eigenvalue weighted by molar-refractivity contribution is 7.92. The SMILES string of the molecule is Cc1ccc(-c2ccccc2)c(S(=O)(=O)c2c(-c3ccccc3)ccc(C)c2C)c1C. The lowest BCUT2D eigenvalue weighted by Gasteiger charge is -2.20. The van der Waals surface area contributed by atoms with Gasteiger partial charge < -0.3 is 0 Å². The molecule has 0 unspecified atom stereocenters. The minimum absolute atomic E-state index is 0.393. The van der Waals surface area contributed by atoms with Gasteiger partial charge in [0.1, 0.15) is 0 Å². The number of hydrogen-bond acceptors (Lipinski definition) is 2. The molecule has 0 N–H and O–H groups in total. The molecule has 3 heteroatoms. The third-order valence-corrected chi connectivity index (χ3v) is 8.19. The van der Waals surface area contributed by atoms with Gasteiger partial charge in [0.15, 0.2) is 0 Å². The first-order valence-electron chi connectivity index (χ1n) is 10.4. The van der Waals surface area contributed by atoms with Crippen LogP contribution in [-0.2, 0) is 9.84 Å². The van der Waals surface area contributed by atoms with Gasteiger partial charge in [-0.15, -0.1) is 0 Å². The number of aryl methyl sites for hydroxylation is 2. The summed E-state index contributed by atoms with van der Waals surface area (Å²) in [4.78, 5) is 0.786. The first kappa shape index (κ1) is 21.1. The standard InChI is InChI=1S/C28H26O2S/c1-19-15-17-25(23-11-7-5-8-12-23)27(21(19)3)31(29,30)28-22(4)20(2)16-18-26(28)24-13-9-6-10-14-24/h5-18H,1-4H3. The molecule has 2 nitrogen and oxygen atoms in total. The van der Waals surface area contributed by atoms with E-state index in [2.05, 4.69) is 0 Å².